The number of carboxylic acids is 1. The zero-order valence-electron chi connectivity index (χ0n) is 30.2. The second kappa shape index (κ2) is 14.9. The van der Waals surface area contributed by atoms with Crippen molar-refractivity contribution in [2.45, 2.75) is 65.0 Å². The van der Waals surface area contributed by atoms with E-state index in [1.807, 2.05) is 24.3 Å². The first-order valence-corrected chi connectivity index (χ1v) is 20.2. The number of hydrogen-bond acceptors (Lipinski definition) is 4. The van der Waals surface area contributed by atoms with Crippen LogP contribution in [0, 0.1) is 5.41 Å². The van der Waals surface area contributed by atoms with Crippen molar-refractivity contribution in [3.8, 4) is 0 Å². The number of carboxylic acid groups (broad SMARTS) is 1. The summed E-state index contributed by atoms with van der Waals surface area (Å²) >= 11 is 6.29. The summed E-state index contributed by atoms with van der Waals surface area (Å²) in [4.78, 5) is 16.8. The Morgan fingerprint density at radius 2 is 1.48 bits per heavy atom. The van der Waals surface area contributed by atoms with Crippen molar-refractivity contribution in [1.82, 2.24) is 4.90 Å². The first-order chi connectivity index (χ1) is 23.9. The predicted octanol–water partition coefficient (Wildman–Crippen LogP) is 8.77. The Hall–Kier alpha value is -3.68. The molecular weight excluding hydrogens is 656 g/mol. The van der Waals surface area contributed by atoms with E-state index in [9.17, 15) is 9.90 Å². The van der Waals surface area contributed by atoms with E-state index in [0.29, 0.717) is 12.2 Å². The molecule has 1 N–H and O–H groups in total. The standard InChI is InChI=1S/C43H51ClN2O3Si/c1-42(2,3)50(38-12-8-6-9-13-38,39-14-10-7-11-15-39)49-31-37-30-45(26-27-46(37)36-22-18-33(19-23-36)41(47)48)29-34-28-43(4,5)25-24-40(34)32-16-20-35(44)21-17-32/h6-23,37H,24-31H2,1-5H3,(H,47,48)/t37-/m1/s1. The third-order valence-corrected chi connectivity index (χ3v) is 16.0. The molecule has 6 rings (SSSR count). The molecule has 0 radical (unpaired) electrons. The molecule has 0 unspecified atom stereocenters. The number of piperazine rings is 1. The molecule has 1 atom stereocenters. The van der Waals surface area contributed by atoms with E-state index in [0.717, 1.165) is 49.7 Å². The number of halogens is 1. The van der Waals surface area contributed by atoms with Gasteiger partial charge in [0.2, 0.25) is 0 Å². The Kier molecular flexibility index (Phi) is 10.8. The van der Waals surface area contributed by atoms with Crippen LogP contribution in [0.25, 0.3) is 5.57 Å². The molecule has 1 heterocycles. The van der Waals surface area contributed by atoms with Crippen LogP contribution >= 0.6 is 11.6 Å². The fourth-order valence-corrected chi connectivity index (χ4v) is 12.9. The van der Waals surface area contributed by atoms with Gasteiger partial charge in [0.1, 0.15) is 0 Å². The molecule has 50 heavy (non-hydrogen) atoms. The van der Waals surface area contributed by atoms with Gasteiger partial charge in [-0.1, -0.05) is 125 Å². The molecule has 0 saturated carbocycles. The monoisotopic (exact) mass is 706 g/mol. The first-order valence-electron chi connectivity index (χ1n) is 17.9. The van der Waals surface area contributed by atoms with Crippen molar-refractivity contribution in [2.75, 3.05) is 37.7 Å². The van der Waals surface area contributed by atoms with Gasteiger partial charge < -0.3 is 14.4 Å². The van der Waals surface area contributed by atoms with E-state index in [1.54, 1.807) is 12.1 Å². The molecule has 1 saturated heterocycles. The molecule has 0 aromatic heterocycles. The molecule has 4 aromatic rings. The highest BCUT2D eigenvalue weighted by molar-refractivity contribution is 6.99. The van der Waals surface area contributed by atoms with Crippen molar-refractivity contribution in [3.05, 3.63) is 131 Å². The Morgan fingerprint density at radius 1 is 0.880 bits per heavy atom. The average molecular weight is 707 g/mol. The van der Waals surface area contributed by atoms with E-state index in [4.69, 9.17) is 16.0 Å². The molecule has 2 aliphatic rings. The lowest BCUT2D eigenvalue weighted by molar-refractivity contribution is 0.0697. The first kappa shape index (κ1) is 36.1. The summed E-state index contributed by atoms with van der Waals surface area (Å²) < 4.78 is 7.54. The smallest absolute Gasteiger partial charge is 0.335 e. The second-order valence-electron chi connectivity index (χ2n) is 15.8. The fraction of sp³-hybridized carbons (Fsp3) is 0.372. The lowest BCUT2D eigenvalue weighted by Crippen LogP contribution is -2.68. The summed E-state index contributed by atoms with van der Waals surface area (Å²) in [7, 11) is -2.77. The molecule has 7 heteroatoms. The third-order valence-electron chi connectivity index (χ3n) is 10.7. The second-order valence-corrected chi connectivity index (χ2v) is 20.6. The molecule has 1 fully saturated rings. The van der Waals surface area contributed by atoms with E-state index in [2.05, 4.69) is 117 Å². The van der Waals surface area contributed by atoms with Crippen molar-refractivity contribution in [2.24, 2.45) is 5.41 Å². The Labute approximate surface area is 304 Å². The number of allylic oxidation sites excluding steroid dienone is 1. The summed E-state index contributed by atoms with van der Waals surface area (Å²) in [5.74, 6) is -0.909. The molecule has 0 spiro atoms. The summed E-state index contributed by atoms with van der Waals surface area (Å²) in [5, 5.41) is 12.8. The quantitative estimate of drug-likeness (QED) is 0.167. The van der Waals surface area contributed by atoms with E-state index in [-0.39, 0.29) is 16.5 Å². The number of aromatic carboxylic acids is 1. The van der Waals surface area contributed by atoms with Gasteiger partial charge in [-0.3, -0.25) is 4.90 Å². The lowest BCUT2D eigenvalue weighted by atomic mass is 9.72. The average Bonchev–Trinajstić information content (AvgIpc) is 3.09. The van der Waals surface area contributed by atoms with Gasteiger partial charge in [-0.05, 0) is 87.6 Å². The number of carbonyl (C=O) groups is 1. The van der Waals surface area contributed by atoms with Crippen LogP contribution in [0.2, 0.25) is 10.1 Å². The number of anilines is 1. The molecule has 1 aliphatic carbocycles. The molecular formula is C43H51ClN2O3Si. The predicted molar refractivity (Wildman–Crippen MR) is 211 cm³/mol. The minimum absolute atomic E-state index is 0.0669. The number of rotatable bonds is 10. The van der Waals surface area contributed by atoms with Gasteiger partial charge >= 0.3 is 5.97 Å². The number of benzene rings is 4. The SMILES string of the molecule is CC1(C)CCC(c2ccc(Cl)cc2)=C(CN2CCN(c3ccc(C(=O)O)cc3)[C@@H](CO[Si](c3ccccc3)(c3ccccc3)C(C)(C)C)C2)C1. The Bertz CT molecular complexity index is 1740. The molecule has 4 aromatic carbocycles. The maximum absolute atomic E-state index is 11.7. The van der Waals surface area contributed by atoms with Crippen LogP contribution in [-0.4, -0.2) is 63.1 Å². The summed E-state index contributed by atoms with van der Waals surface area (Å²) in [6.45, 7) is 15.8. The minimum atomic E-state index is -2.77. The summed E-state index contributed by atoms with van der Waals surface area (Å²) in [6, 6.07) is 37.5. The van der Waals surface area contributed by atoms with Gasteiger partial charge in [0.05, 0.1) is 18.2 Å². The molecule has 1 aliphatic heterocycles. The number of nitrogens with zero attached hydrogens (tertiary/aromatic N) is 2. The number of hydrogen-bond donors (Lipinski definition) is 1. The van der Waals surface area contributed by atoms with Crippen LogP contribution in [-0.2, 0) is 4.43 Å². The van der Waals surface area contributed by atoms with Gasteiger partial charge in [-0.2, -0.15) is 0 Å². The maximum Gasteiger partial charge on any atom is 0.335 e. The van der Waals surface area contributed by atoms with E-state index in [1.165, 1.54) is 33.5 Å². The zero-order chi connectivity index (χ0) is 35.5. The van der Waals surface area contributed by atoms with E-state index >= 15 is 0 Å². The van der Waals surface area contributed by atoms with Gasteiger partial charge in [0, 0.05) is 36.9 Å². The van der Waals surface area contributed by atoms with Crippen molar-refractivity contribution >= 4 is 47.5 Å². The molecule has 262 valence electrons. The fourth-order valence-electron chi connectivity index (χ4n) is 8.16. The van der Waals surface area contributed by atoms with Crippen LogP contribution in [0.1, 0.15) is 69.8 Å². The Morgan fingerprint density at radius 3 is 2.04 bits per heavy atom. The highest BCUT2D eigenvalue weighted by Crippen LogP contribution is 2.43. The zero-order valence-corrected chi connectivity index (χ0v) is 31.9. The highest BCUT2D eigenvalue weighted by Gasteiger charge is 2.50. The topological polar surface area (TPSA) is 53.0 Å². The van der Waals surface area contributed by atoms with Crippen molar-refractivity contribution in [3.63, 3.8) is 0 Å². The Balaban J connectivity index is 1.36. The van der Waals surface area contributed by atoms with Crippen LogP contribution in [0.3, 0.4) is 0 Å². The summed E-state index contributed by atoms with van der Waals surface area (Å²) in [5.41, 5.74) is 5.86. The van der Waals surface area contributed by atoms with Crippen molar-refractivity contribution < 1.29 is 14.3 Å². The van der Waals surface area contributed by atoms with Crippen molar-refractivity contribution in [1.29, 1.82) is 0 Å². The van der Waals surface area contributed by atoms with Crippen LogP contribution in [0.15, 0.2) is 115 Å². The van der Waals surface area contributed by atoms with Gasteiger partial charge in [0.25, 0.3) is 8.32 Å². The molecule has 5 nitrogen and oxygen atoms in total. The maximum atomic E-state index is 11.7. The summed E-state index contributed by atoms with van der Waals surface area (Å²) in [6.07, 6.45) is 3.31. The molecule has 0 bridgehead atoms. The van der Waals surface area contributed by atoms with Crippen LogP contribution in [0.4, 0.5) is 5.69 Å². The van der Waals surface area contributed by atoms with Gasteiger partial charge in [-0.25, -0.2) is 4.79 Å². The minimum Gasteiger partial charge on any atom is -0.478 e. The van der Waals surface area contributed by atoms with Gasteiger partial charge in [-0.15, -0.1) is 0 Å². The normalized spacial score (nSPS) is 18.7. The van der Waals surface area contributed by atoms with Gasteiger partial charge in [0.15, 0.2) is 0 Å². The van der Waals surface area contributed by atoms with E-state index < -0.39 is 14.3 Å². The van der Waals surface area contributed by atoms with Crippen LogP contribution in [0.5, 0.6) is 0 Å². The largest absolute Gasteiger partial charge is 0.478 e. The van der Waals surface area contributed by atoms with Crippen LogP contribution < -0.4 is 15.3 Å². The highest BCUT2D eigenvalue weighted by atomic mass is 35.5. The lowest BCUT2D eigenvalue weighted by Gasteiger charge is -2.47. The third kappa shape index (κ3) is 7.79. The molecule has 0 amide bonds.